The number of hydrogen-bond donors (Lipinski definition) is 0. The molecule has 1 fully saturated rings. The molecule has 0 saturated carbocycles. The normalized spacial score (nSPS) is 24.2. The Labute approximate surface area is 103 Å². The number of likely N-dealkylation sites (tertiary alicyclic amines) is 1. The highest BCUT2D eigenvalue weighted by Crippen LogP contribution is 2.46. The van der Waals surface area contributed by atoms with E-state index in [9.17, 15) is 13.2 Å². The maximum Gasteiger partial charge on any atom is 0.403 e. The summed E-state index contributed by atoms with van der Waals surface area (Å²) in [5.74, 6) is 0. The Morgan fingerprint density at radius 3 is 1.73 bits per heavy atom. The summed E-state index contributed by atoms with van der Waals surface area (Å²) in [6.45, 7) is 7.19. The van der Waals surface area contributed by atoms with Crippen LogP contribution >= 0.6 is 22.6 Å². The van der Waals surface area contributed by atoms with Crippen LogP contribution in [-0.4, -0.2) is 33.1 Å². The van der Waals surface area contributed by atoms with Crippen molar-refractivity contribution in [1.82, 2.24) is 4.90 Å². The quantitative estimate of drug-likeness (QED) is 0.483. The average Bonchev–Trinajstić information content (AvgIpc) is 2.01. The van der Waals surface area contributed by atoms with Crippen molar-refractivity contribution in [3.8, 4) is 0 Å². The zero-order chi connectivity index (χ0) is 11.9. The summed E-state index contributed by atoms with van der Waals surface area (Å²) in [6.07, 6.45) is -3.67. The maximum absolute atomic E-state index is 12.7. The van der Waals surface area contributed by atoms with Gasteiger partial charge in [0.25, 0.3) is 0 Å². The van der Waals surface area contributed by atoms with Crippen molar-refractivity contribution in [3.63, 3.8) is 0 Å². The van der Waals surface area contributed by atoms with Gasteiger partial charge in [0, 0.05) is 18.6 Å². The van der Waals surface area contributed by atoms with Gasteiger partial charge in [-0.15, -0.1) is 0 Å². The zero-order valence-electron chi connectivity index (χ0n) is 9.29. The minimum absolute atomic E-state index is 0.0242. The van der Waals surface area contributed by atoms with Crippen molar-refractivity contribution in [3.05, 3.63) is 0 Å². The van der Waals surface area contributed by atoms with Crippen LogP contribution in [0.1, 0.15) is 33.6 Å². The Bertz CT molecular complexity index is 224. The molecule has 0 aliphatic carbocycles. The summed E-state index contributed by atoms with van der Waals surface area (Å²) in [5, 5.41) is 0. The molecule has 1 aliphatic rings. The van der Waals surface area contributed by atoms with Crippen LogP contribution in [0.4, 0.5) is 13.2 Å². The van der Waals surface area contributed by atoms with E-state index in [1.165, 1.54) is 0 Å². The summed E-state index contributed by atoms with van der Waals surface area (Å²) in [7, 11) is 0. The van der Waals surface area contributed by atoms with Crippen molar-refractivity contribution in [1.29, 1.82) is 0 Å². The first-order valence-corrected chi connectivity index (χ1v) is 6.15. The lowest BCUT2D eigenvalue weighted by atomic mass is 9.92. The zero-order valence-corrected chi connectivity index (χ0v) is 11.4. The Morgan fingerprint density at radius 2 is 1.47 bits per heavy atom. The number of piperidine rings is 1. The number of alkyl halides is 4. The standard InChI is InChI=1S/C10H17F3IN/c1-8(2,3)15-6-4-9(14,5-7-15)10(11,12)13/h4-7H2,1-3H3. The third-order valence-corrected chi connectivity index (χ3v) is 4.70. The van der Waals surface area contributed by atoms with Gasteiger partial charge >= 0.3 is 6.18 Å². The van der Waals surface area contributed by atoms with Gasteiger partial charge in [0.2, 0.25) is 0 Å². The van der Waals surface area contributed by atoms with Gasteiger partial charge in [-0.05, 0) is 33.6 Å². The smallest absolute Gasteiger partial charge is 0.298 e. The molecular weight excluding hydrogens is 318 g/mol. The summed E-state index contributed by atoms with van der Waals surface area (Å²) in [4.78, 5) is 2.12. The Hall–Kier alpha value is 0.480. The predicted octanol–water partition coefficient (Wildman–Crippen LogP) is 3.62. The van der Waals surface area contributed by atoms with E-state index in [4.69, 9.17) is 0 Å². The van der Waals surface area contributed by atoms with Crippen LogP contribution in [0, 0.1) is 0 Å². The minimum Gasteiger partial charge on any atom is -0.298 e. The van der Waals surface area contributed by atoms with E-state index in [0.29, 0.717) is 13.1 Å². The van der Waals surface area contributed by atoms with E-state index in [0.717, 1.165) is 0 Å². The van der Waals surface area contributed by atoms with E-state index in [1.54, 1.807) is 22.6 Å². The van der Waals surface area contributed by atoms with Crippen molar-refractivity contribution in [2.75, 3.05) is 13.1 Å². The molecule has 1 nitrogen and oxygen atoms in total. The average molecular weight is 335 g/mol. The highest BCUT2D eigenvalue weighted by Gasteiger charge is 2.54. The molecular formula is C10H17F3IN. The van der Waals surface area contributed by atoms with Gasteiger partial charge in [-0.1, -0.05) is 22.6 Å². The Kier molecular flexibility index (Phi) is 3.66. The topological polar surface area (TPSA) is 3.24 Å². The second kappa shape index (κ2) is 4.05. The van der Waals surface area contributed by atoms with Gasteiger partial charge in [0.1, 0.15) is 3.42 Å². The van der Waals surface area contributed by atoms with Gasteiger partial charge in [-0.25, -0.2) is 0 Å². The molecule has 15 heavy (non-hydrogen) atoms. The molecule has 0 aromatic heterocycles. The monoisotopic (exact) mass is 335 g/mol. The van der Waals surface area contributed by atoms with E-state index < -0.39 is 9.60 Å². The second-order valence-electron chi connectivity index (χ2n) is 5.12. The minimum atomic E-state index is -4.07. The number of rotatable bonds is 0. The van der Waals surface area contributed by atoms with Gasteiger partial charge in [-0.2, -0.15) is 13.2 Å². The SMILES string of the molecule is CC(C)(C)N1CCC(I)(C(F)(F)F)CC1. The van der Waals surface area contributed by atoms with Crippen LogP contribution in [0.2, 0.25) is 0 Å². The van der Waals surface area contributed by atoms with Crippen LogP contribution in [0.15, 0.2) is 0 Å². The molecule has 0 radical (unpaired) electrons. The Morgan fingerprint density at radius 1 is 1.07 bits per heavy atom. The predicted molar refractivity (Wildman–Crippen MR) is 63.4 cm³/mol. The molecule has 0 aromatic rings. The van der Waals surface area contributed by atoms with E-state index >= 15 is 0 Å². The van der Waals surface area contributed by atoms with Crippen LogP contribution in [0.3, 0.4) is 0 Å². The van der Waals surface area contributed by atoms with E-state index in [1.807, 2.05) is 20.8 Å². The maximum atomic E-state index is 12.7. The molecule has 0 atom stereocenters. The molecule has 0 unspecified atom stereocenters. The van der Waals surface area contributed by atoms with E-state index in [2.05, 4.69) is 4.90 Å². The van der Waals surface area contributed by atoms with Crippen molar-refractivity contribution in [2.24, 2.45) is 0 Å². The van der Waals surface area contributed by atoms with Gasteiger partial charge in [0.15, 0.2) is 0 Å². The molecule has 1 rings (SSSR count). The Balaban J connectivity index is 2.64. The van der Waals surface area contributed by atoms with Gasteiger partial charge in [0.05, 0.1) is 0 Å². The van der Waals surface area contributed by atoms with Crippen LogP contribution in [0.25, 0.3) is 0 Å². The van der Waals surface area contributed by atoms with Crippen molar-refractivity contribution < 1.29 is 13.2 Å². The van der Waals surface area contributed by atoms with E-state index in [-0.39, 0.29) is 18.4 Å². The highest BCUT2D eigenvalue weighted by molar-refractivity contribution is 14.1. The molecule has 90 valence electrons. The first kappa shape index (κ1) is 13.5. The molecule has 5 heteroatoms. The first-order valence-electron chi connectivity index (χ1n) is 5.07. The molecule has 0 amide bonds. The molecule has 0 spiro atoms. The molecule has 1 heterocycles. The van der Waals surface area contributed by atoms with Gasteiger partial charge < -0.3 is 0 Å². The summed E-state index contributed by atoms with van der Waals surface area (Å²) in [5.41, 5.74) is -0.0242. The molecule has 0 bridgehead atoms. The van der Waals surface area contributed by atoms with Crippen molar-refractivity contribution >= 4 is 22.6 Å². The van der Waals surface area contributed by atoms with Crippen molar-refractivity contribution in [2.45, 2.75) is 48.7 Å². The molecule has 1 aliphatic heterocycles. The lowest BCUT2D eigenvalue weighted by molar-refractivity contribution is -0.165. The lowest BCUT2D eigenvalue weighted by Crippen LogP contribution is -2.53. The van der Waals surface area contributed by atoms with Crippen LogP contribution in [0.5, 0.6) is 0 Å². The fourth-order valence-electron chi connectivity index (χ4n) is 1.82. The number of hydrogen-bond acceptors (Lipinski definition) is 1. The third kappa shape index (κ3) is 2.99. The first-order chi connectivity index (χ1) is 6.56. The molecule has 0 aromatic carbocycles. The fraction of sp³-hybridized carbons (Fsp3) is 1.00. The summed E-state index contributed by atoms with van der Waals surface area (Å²) < 4.78 is 36.7. The largest absolute Gasteiger partial charge is 0.403 e. The summed E-state index contributed by atoms with van der Waals surface area (Å²) >= 11 is 1.58. The van der Waals surface area contributed by atoms with Gasteiger partial charge in [-0.3, -0.25) is 4.90 Å². The summed E-state index contributed by atoms with van der Waals surface area (Å²) in [6, 6.07) is 0. The lowest BCUT2D eigenvalue weighted by Gasteiger charge is -2.44. The second-order valence-corrected chi connectivity index (χ2v) is 7.19. The third-order valence-electron chi connectivity index (χ3n) is 3.01. The molecule has 1 saturated heterocycles. The number of halogens is 4. The highest BCUT2D eigenvalue weighted by atomic mass is 127. The fourth-order valence-corrected chi connectivity index (χ4v) is 2.30. The number of nitrogens with zero attached hydrogens (tertiary/aromatic N) is 1. The van der Waals surface area contributed by atoms with Crippen LogP contribution in [-0.2, 0) is 0 Å². The molecule has 0 N–H and O–H groups in total. The van der Waals surface area contributed by atoms with Crippen LogP contribution < -0.4 is 0 Å².